The van der Waals surface area contributed by atoms with Crippen molar-refractivity contribution in [2.75, 3.05) is 6.54 Å². The van der Waals surface area contributed by atoms with Gasteiger partial charge in [-0.1, -0.05) is 86.3 Å². The molecule has 1 aliphatic carbocycles. The number of rotatable bonds is 15. The summed E-state index contributed by atoms with van der Waals surface area (Å²) in [6, 6.07) is 19.5. The third-order valence-electron chi connectivity index (χ3n) is 7.20. The van der Waals surface area contributed by atoms with Gasteiger partial charge in [0.05, 0.1) is 23.7 Å². The van der Waals surface area contributed by atoms with Crippen LogP contribution in [0.3, 0.4) is 0 Å². The molecule has 198 valence electrons. The third kappa shape index (κ3) is 7.41. The molecule has 8 heteroatoms. The Morgan fingerprint density at radius 2 is 1.00 bits per heavy atom. The first kappa shape index (κ1) is 27.9. The van der Waals surface area contributed by atoms with E-state index in [4.69, 9.17) is 0 Å². The SMILES string of the molecule is O=C(O)C1C(C(=O)O)C(C(=O)N(CCCCCCCCc2ccccc2)Cc2ccccc2)C1C(=O)O. The number of benzene rings is 2. The number of carbonyl (C=O) groups excluding carboxylic acids is 1. The van der Waals surface area contributed by atoms with Crippen LogP contribution >= 0.6 is 0 Å². The Bertz CT molecular complexity index is 1030. The zero-order chi connectivity index (χ0) is 26.8. The number of carbonyl (C=O) groups is 4. The van der Waals surface area contributed by atoms with Crippen molar-refractivity contribution in [3.05, 3.63) is 71.8 Å². The summed E-state index contributed by atoms with van der Waals surface area (Å²) in [5, 5.41) is 28.6. The van der Waals surface area contributed by atoms with Crippen molar-refractivity contribution in [3.8, 4) is 0 Å². The summed E-state index contributed by atoms with van der Waals surface area (Å²) in [6.45, 7) is 0.564. The van der Waals surface area contributed by atoms with Crippen molar-refractivity contribution in [3.63, 3.8) is 0 Å². The minimum atomic E-state index is -1.63. The van der Waals surface area contributed by atoms with E-state index < -0.39 is 47.5 Å². The van der Waals surface area contributed by atoms with Gasteiger partial charge in [-0.05, 0) is 30.4 Å². The highest BCUT2D eigenvalue weighted by Gasteiger charge is 2.64. The maximum Gasteiger partial charge on any atom is 0.308 e. The van der Waals surface area contributed by atoms with E-state index in [2.05, 4.69) is 12.1 Å². The molecular formula is C29H35NO7. The van der Waals surface area contributed by atoms with Crippen molar-refractivity contribution >= 4 is 23.8 Å². The number of carboxylic acids is 3. The molecule has 37 heavy (non-hydrogen) atoms. The van der Waals surface area contributed by atoms with Crippen LogP contribution in [0.15, 0.2) is 60.7 Å². The van der Waals surface area contributed by atoms with Crippen LogP contribution in [0.25, 0.3) is 0 Å². The van der Waals surface area contributed by atoms with Gasteiger partial charge >= 0.3 is 17.9 Å². The fourth-order valence-electron chi connectivity index (χ4n) is 5.24. The van der Waals surface area contributed by atoms with Crippen molar-refractivity contribution in [2.24, 2.45) is 23.7 Å². The molecule has 0 bridgehead atoms. The minimum absolute atomic E-state index is 0.212. The van der Waals surface area contributed by atoms with E-state index in [1.807, 2.05) is 48.5 Å². The van der Waals surface area contributed by atoms with Gasteiger partial charge in [-0.25, -0.2) is 0 Å². The van der Waals surface area contributed by atoms with Crippen LogP contribution in [0, 0.1) is 23.7 Å². The molecule has 2 atom stereocenters. The van der Waals surface area contributed by atoms with Gasteiger partial charge in [-0.3, -0.25) is 19.2 Å². The van der Waals surface area contributed by atoms with Crippen molar-refractivity contribution in [1.29, 1.82) is 0 Å². The molecule has 2 aromatic carbocycles. The fourth-order valence-corrected chi connectivity index (χ4v) is 5.24. The van der Waals surface area contributed by atoms with Crippen LogP contribution in [0.5, 0.6) is 0 Å². The molecule has 2 aromatic rings. The smallest absolute Gasteiger partial charge is 0.308 e. The van der Waals surface area contributed by atoms with Gasteiger partial charge in [0, 0.05) is 13.1 Å². The minimum Gasteiger partial charge on any atom is -0.481 e. The molecule has 1 aliphatic rings. The number of nitrogens with zero attached hydrogens (tertiary/aromatic N) is 1. The Kier molecular flexibility index (Phi) is 10.2. The molecule has 0 aromatic heterocycles. The molecule has 3 N–H and O–H groups in total. The highest BCUT2D eigenvalue weighted by atomic mass is 16.4. The molecule has 0 heterocycles. The number of hydrogen-bond acceptors (Lipinski definition) is 4. The summed E-state index contributed by atoms with van der Waals surface area (Å²) in [7, 11) is 0. The molecule has 3 rings (SSSR count). The van der Waals surface area contributed by atoms with Crippen molar-refractivity contribution < 1.29 is 34.5 Å². The molecule has 0 saturated heterocycles. The Morgan fingerprint density at radius 3 is 1.51 bits per heavy atom. The van der Waals surface area contributed by atoms with Gasteiger partial charge in [-0.15, -0.1) is 0 Å². The van der Waals surface area contributed by atoms with E-state index in [1.54, 1.807) is 0 Å². The van der Waals surface area contributed by atoms with Gasteiger partial charge in [-0.2, -0.15) is 0 Å². The molecule has 1 fully saturated rings. The van der Waals surface area contributed by atoms with E-state index in [-0.39, 0.29) is 6.54 Å². The topological polar surface area (TPSA) is 132 Å². The van der Waals surface area contributed by atoms with Gasteiger partial charge in [0.2, 0.25) is 5.91 Å². The third-order valence-corrected chi connectivity index (χ3v) is 7.20. The average molecular weight is 510 g/mol. The highest BCUT2D eigenvalue weighted by Crippen LogP contribution is 2.48. The lowest BCUT2D eigenvalue weighted by Crippen LogP contribution is -2.62. The van der Waals surface area contributed by atoms with Crippen LogP contribution in [0.4, 0.5) is 0 Å². The standard InChI is InChI=1S/C29H35NO7/c31-26(22-23(27(32)33)25(29(36)37)24(22)28(34)35)30(19-21-16-10-6-11-17-21)18-12-4-2-1-3-7-13-20-14-8-5-9-15-20/h5-6,8-11,14-17,22-25H,1-4,7,12-13,18-19H2,(H,32,33)(H,34,35)(H,36,37). The number of aliphatic carboxylic acids is 3. The fraction of sp³-hybridized carbons (Fsp3) is 0.448. The first-order valence-electron chi connectivity index (χ1n) is 12.9. The zero-order valence-electron chi connectivity index (χ0n) is 20.9. The number of carboxylic acid groups (broad SMARTS) is 3. The lowest BCUT2D eigenvalue weighted by molar-refractivity contribution is -0.189. The molecular weight excluding hydrogens is 474 g/mol. The molecule has 0 spiro atoms. The van der Waals surface area contributed by atoms with Crippen LogP contribution in [-0.2, 0) is 32.1 Å². The first-order chi connectivity index (χ1) is 17.8. The summed E-state index contributed by atoms with van der Waals surface area (Å²) >= 11 is 0. The summed E-state index contributed by atoms with van der Waals surface area (Å²) in [4.78, 5) is 50.2. The van der Waals surface area contributed by atoms with E-state index in [9.17, 15) is 34.5 Å². The number of aryl methyl sites for hydroxylation is 1. The first-order valence-corrected chi connectivity index (χ1v) is 12.9. The predicted molar refractivity (Wildman–Crippen MR) is 137 cm³/mol. The average Bonchev–Trinajstić information content (AvgIpc) is 2.84. The molecule has 8 nitrogen and oxygen atoms in total. The summed E-state index contributed by atoms with van der Waals surface area (Å²) in [5.74, 6) is -11.2. The Hall–Kier alpha value is -3.68. The Balaban J connectivity index is 1.57. The van der Waals surface area contributed by atoms with Gasteiger partial charge in [0.15, 0.2) is 0 Å². The number of unbranched alkanes of at least 4 members (excludes halogenated alkanes) is 5. The second kappa shape index (κ2) is 13.6. The van der Waals surface area contributed by atoms with E-state index in [0.29, 0.717) is 13.0 Å². The second-order valence-corrected chi connectivity index (χ2v) is 9.72. The number of amides is 1. The monoisotopic (exact) mass is 509 g/mol. The molecule has 1 saturated carbocycles. The summed E-state index contributed by atoms with van der Waals surface area (Å²) in [5.41, 5.74) is 2.17. The van der Waals surface area contributed by atoms with Gasteiger partial charge in [0.1, 0.15) is 0 Å². The van der Waals surface area contributed by atoms with Crippen LogP contribution in [0.2, 0.25) is 0 Å². The predicted octanol–water partition coefficient (Wildman–Crippen LogP) is 4.33. The molecule has 0 radical (unpaired) electrons. The lowest BCUT2D eigenvalue weighted by Gasteiger charge is -2.45. The zero-order valence-corrected chi connectivity index (χ0v) is 20.9. The van der Waals surface area contributed by atoms with E-state index >= 15 is 0 Å². The van der Waals surface area contributed by atoms with Gasteiger partial charge < -0.3 is 20.2 Å². The summed E-state index contributed by atoms with van der Waals surface area (Å²) in [6.07, 6.45) is 6.93. The van der Waals surface area contributed by atoms with Crippen LogP contribution in [-0.4, -0.2) is 50.6 Å². The quantitative estimate of drug-likeness (QED) is 0.304. The molecule has 2 unspecified atom stereocenters. The Labute approximate surface area is 216 Å². The summed E-state index contributed by atoms with van der Waals surface area (Å²) < 4.78 is 0. The van der Waals surface area contributed by atoms with E-state index in [1.165, 1.54) is 10.5 Å². The largest absolute Gasteiger partial charge is 0.481 e. The normalized spacial score (nSPS) is 20.5. The van der Waals surface area contributed by atoms with Gasteiger partial charge in [0.25, 0.3) is 0 Å². The van der Waals surface area contributed by atoms with Crippen molar-refractivity contribution in [1.82, 2.24) is 4.90 Å². The van der Waals surface area contributed by atoms with Crippen LogP contribution in [0.1, 0.15) is 49.7 Å². The Morgan fingerprint density at radius 1 is 0.568 bits per heavy atom. The maximum atomic E-state index is 13.5. The van der Waals surface area contributed by atoms with E-state index in [0.717, 1.165) is 44.1 Å². The molecule has 1 amide bonds. The maximum absolute atomic E-state index is 13.5. The highest BCUT2D eigenvalue weighted by molar-refractivity contribution is 5.98. The number of hydrogen-bond donors (Lipinski definition) is 3. The lowest BCUT2D eigenvalue weighted by atomic mass is 9.56. The molecule has 0 aliphatic heterocycles. The van der Waals surface area contributed by atoms with Crippen molar-refractivity contribution in [2.45, 2.75) is 51.5 Å². The van der Waals surface area contributed by atoms with Crippen LogP contribution < -0.4 is 0 Å². The second-order valence-electron chi connectivity index (χ2n) is 9.72.